The third-order valence-electron chi connectivity index (χ3n) is 5.13. The van der Waals surface area contributed by atoms with Crippen LogP contribution in [0.2, 0.25) is 0 Å². The van der Waals surface area contributed by atoms with E-state index in [0.29, 0.717) is 57.4 Å². The highest BCUT2D eigenvalue weighted by atomic mass is 32.2. The van der Waals surface area contributed by atoms with Crippen molar-refractivity contribution in [3.8, 4) is 11.5 Å². The summed E-state index contributed by atoms with van der Waals surface area (Å²) in [6.07, 6.45) is 0.771. The van der Waals surface area contributed by atoms with Crippen LogP contribution in [-0.2, 0) is 16.6 Å². The van der Waals surface area contributed by atoms with E-state index in [9.17, 15) is 12.8 Å². The number of fused-ring (bicyclic) bond motifs is 1. The molecule has 0 unspecified atom stereocenters. The number of ether oxygens (including phenoxy) is 2. The van der Waals surface area contributed by atoms with E-state index in [1.54, 1.807) is 24.3 Å². The number of hydrogen-bond donors (Lipinski definition) is 1. The summed E-state index contributed by atoms with van der Waals surface area (Å²) in [5.41, 5.74) is 0.925. The van der Waals surface area contributed by atoms with Crippen molar-refractivity contribution in [3.05, 3.63) is 53.8 Å². The number of quaternary nitrogens is 1. The van der Waals surface area contributed by atoms with E-state index >= 15 is 0 Å². The fourth-order valence-electron chi connectivity index (χ4n) is 3.61. The van der Waals surface area contributed by atoms with Crippen molar-refractivity contribution in [1.82, 2.24) is 4.31 Å². The van der Waals surface area contributed by atoms with Crippen LogP contribution in [0.4, 0.5) is 4.39 Å². The highest BCUT2D eigenvalue weighted by Crippen LogP contribution is 2.32. The van der Waals surface area contributed by atoms with Crippen LogP contribution in [0.5, 0.6) is 11.5 Å². The van der Waals surface area contributed by atoms with Crippen molar-refractivity contribution in [1.29, 1.82) is 0 Å². The van der Waals surface area contributed by atoms with Crippen molar-refractivity contribution >= 4 is 10.0 Å². The SMILES string of the molecule is O=S(=O)(c1ccc2c(c1)OCCCO2)N1CC[NH+](Cc2cccc(F)c2)CC1. The number of benzene rings is 2. The lowest BCUT2D eigenvalue weighted by Crippen LogP contribution is -3.13. The summed E-state index contributed by atoms with van der Waals surface area (Å²) in [4.78, 5) is 1.47. The first-order valence-corrected chi connectivity index (χ1v) is 10.9. The molecule has 2 aromatic carbocycles. The molecule has 0 atom stereocenters. The number of rotatable bonds is 4. The van der Waals surface area contributed by atoms with Crippen LogP contribution in [0, 0.1) is 5.82 Å². The molecular formula is C20H24FN2O4S+. The van der Waals surface area contributed by atoms with E-state index in [0.717, 1.165) is 12.0 Å². The smallest absolute Gasteiger partial charge is 0.243 e. The second-order valence-electron chi connectivity index (χ2n) is 7.12. The lowest BCUT2D eigenvalue weighted by Gasteiger charge is -2.31. The van der Waals surface area contributed by atoms with Crippen molar-refractivity contribution < 1.29 is 27.2 Å². The van der Waals surface area contributed by atoms with Gasteiger partial charge in [0.25, 0.3) is 0 Å². The predicted molar refractivity (Wildman–Crippen MR) is 102 cm³/mol. The molecule has 2 heterocycles. The Bertz CT molecular complexity index is 943. The second kappa shape index (κ2) is 8.06. The molecule has 0 saturated carbocycles. The summed E-state index contributed by atoms with van der Waals surface area (Å²) >= 11 is 0. The van der Waals surface area contributed by atoms with Crippen molar-refractivity contribution in [3.63, 3.8) is 0 Å². The molecule has 6 nitrogen and oxygen atoms in total. The fraction of sp³-hybridized carbons (Fsp3) is 0.400. The maximum atomic E-state index is 13.4. The van der Waals surface area contributed by atoms with Gasteiger partial charge < -0.3 is 14.4 Å². The van der Waals surface area contributed by atoms with Gasteiger partial charge in [-0.15, -0.1) is 0 Å². The summed E-state index contributed by atoms with van der Waals surface area (Å²) in [5, 5.41) is 0. The average Bonchev–Trinajstić information content (AvgIpc) is 2.93. The highest BCUT2D eigenvalue weighted by molar-refractivity contribution is 7.89. The molecule has 8 heteroatoms. The quantitative estimate of drug-likeness (QED) is 0.824. The van der Waals surface area contributed by atoms with Gasteiger partial charge in [0.2, 0.25) is 10.0 Å². The van der Waals surface area contributed by atoms with Gasteiger partial charge in [0, 0.05) is 18.1 Å². The first-order chi connectivity index (χ1) is 13.5. The number of piperazine rings is 1. The molecular weight excluding hydrogens is 383 g/mol. The van der Waals surface area contributed by atoms with Gasteiger partial charge >= 0.3 is 0 Å². The van der Waals surface area contributed by atoms with Crippen LogP contribution in [0.25, 0.3) is 0 Å². The maximum Gasteiger partial charge on any atom is 0.243 e. The molecule has 0 aromatic heterocycles. The van der Waals surface area contributed by atoms with Gasteiger partial charge in [-0.05, 0) is 24.3 Å². The Kier molecular flexibility index (Phi) is 5.52. The summed E-state index contributed by atoms with van der Waals surface area (Å²) in [6.45, 7) is 3.99. The van der Waals surface area contributed by atoms with E-state index in [4.69, 9.17) is 9.47 Å². The van der Waals surface area contributed by atoms with E-state index in [2.05, 4.69) is 0 Å². The molecule has 0 aliphatic carbocycles. The number of sulfonamides is 1. The molecule has 2 aromatic rings. The predicted octanol–water partition coefficient (Wildman–Crippen LogP) is 1.08. The minimum absolute atomic E-state index is 0.227. The molecule has 1 N–H and O–H groups in total. The number of halogens is 1. The number of nitrogens with one attached hydrogen (secondary N) is 1. The lowest BCUT2D eigenvalue weighted by molar-refractivity contribution is -0.917. The molecule has 28 heavy (non-hydrogen) atoms. The van der Waals surface area contributed by atoms with Crippen LogP contribution >= 0.6 is 0 Å². The zero-order valence-corrected chi connectivity index (χ0v) is 16.4. The zero-order valence-electron chi connectivity index (χ0n) is 15.6. The molecule has 150 valence electrons. The van der Waals surface area contributed by atoms with Gasteiger partial charge in [-0.1, -0.05) is 12.1 Å². The Hall–Kier alpha value is -2.16. The molecule has 1 fully saturated rings. The van der Waals surface area contributed by atoms with Crippen LogP contribution in [-0.4, -0.2) is 52.1 Å². The topological polar surface area (TPSA) is 60.3 Å². The normalized spacial score (nSPS) is 18.6. The van der Waals surface area contributed by atoms with Gasteiger partial charge in [-0.3, -0.25) is 0 Å². The van der Waals surface area contributed by atoms with Gasteiger partial charge in [0.05, 0.1) is 44.3 Å². The molecule has 0 spiro atoms. The van der Waals surface area contributed by atoms with Crippen LogP contribution in [0.3, 0.4) is 0 Å². The van der Waals surface area contributed by atoms with E-state index < -0.39 is 10.0 Å². The minimum Gasteiger partial charge on any atom is -0.490 e. The molecule has 1 saturated heterocycles. The summed E-state index contributed by atoms with van der Waals surface area (Å²) < 4.78 is 52.1. The first kappa shape index (κ1) is 19.2. The molecule has 0 bridgehead atoms. The Morgan fingerprint density at radius 1 is 1.00 bits per heavy atom. The third kappa shape index (κ3) is 4.14. The highest BCUT2D eigenvalue weighted by Gasteiger charge is 2.31. The molecule has 4 rings (SSSR count). The standard InChI is InChI=1S/C20H23FN2O4S/c21-17-4-1-3-16(13-17)15-22-7-9-23(10-8-22)28(24,25)18-5-6-19-20(14-18)27-12-2-11-26-19/h1,3-6,13-14H,2,7-12,15H2/p+1. The van der Waals surface area contributed by atoms with Crippen molar-refractivity contribution in [2.24, 2.45) is 0 Å². The van der Waals surface area contributed by atoms with E-state index in [1.807, 2.05) is 6.07 Å². The van der Waals surface area contributed by atoms with Crippen molar-refractivity contribution in [2.45, 2.75) is 17.9 Å². The largest absolute Gasteiger partial charge is 0.490 e. The molecule has 2 aliphatic rings. The van der Waals surface area contributed by atoms with Gasteiger partial charge in [-0.25, -0.2) is 12.8 Å². The van der Waals surface area contributed by atoms with Crippen molar-refractivity contribution in [2.75, 3.05) is 39.4 Å². The molecule has 2 aliphatic heterocycles. The summed E-state index contributed by atoms with van der Waals surface area (Å²) in [7, 11) is -3.59. The van der Waals surface area contributed by atoms with E-state index in [1.165, 1.54) is 21.3 Å². The Balaban J connectivity index is 1.43. The monoisotopic (exact) mass is 407 g/mol. The van der Waals surface area contributed by atoms with Gasteiger partial charge in [0.1, 0.15) is 12.4 Å². The zero-order chi connectivity index (χ0) is 19.6. The average molecular weight is 407 g/mol. The van der Waals surface area contributed by atoms with Gasteiger partial charge in [-0.2, -0.15) is 4.31 Å². The Morgan fingerprint density at radius 3 is 2.50 bits per heavy atom. The van der Waals surface area contributed by atoms with E-state index in [-0.39, 0.29) is 10.7 Å². The Morgan fingerprint density at radius 2 is 1.75 bits per heavy atom. The van der Waals surface area contributed by atoms with Crippen LogP contribution in [0.1, 0.15) is 12.0 Å². The third-order valence-corrected chi connectivity index (χ3v) is 7.02. The minimum atomic E-state index is -3.59. The van der Waals surface area contributed by atoms with Crippen LogP contribution in [0.15, 0.2) is 47.4 Å². The number of hydrogen-bond acceptors (Lipinski definition) is 4. The Labute approximate surface area is 164 Å². The maximum absolute atomic E-state index is 13.4. The first-order valence-electron chi connectivity index (χ1n) is 9.50. The molecule has 0 amide bonds. The summed E-state index contributed by atoms with van der Waals surface area (Å²) in [5.74, 6) is 0.822. The summed E-state index contributed by atoms with van der Waals surface area (Å²) in [6, 6.07) is 11.4. The van der Waals surface area contributed by atoms with Gasteiger partial charge in [0.15, 0.2) is 11.5 Å². The number of nitrogens with zero attached hydrogens (tertiary/aromatic N) is 1. The fourth-order valence-corrected chi connectivity index (χ4v) is 5.07. The van der Waals surface area contributed by atoms with Crippen LogP contribution < -0.4 is 14.4 Å². The lowest BCUT2D eigenvalue weighted by atomic mass is 10.2. The second-order valence-corrected chi connectivity index (χ2v) is 9.06. The molecule has 0 radical (unpaired) electrons.